The Balaban J connectivity index is 1.43. The van der Waals surface area contributed by atoms with Crippen molar-refractivity contribution in [2.45, 2.75) is 23.8 Å². The van der Waals surface area contributed by atoms with Gasteiger partial charge in [0.25, 0.3) is 11.8 Å². The minimum Gasteiger partial charge on any atom is -0.352 e. The Morgan fingerprint density at radius 1 is 0.964 bits per heavy atom. The zero-order chi connectivity index (χ0) is 19.9. The van der Waals surface area contributed by atoms with E-state index in [1.54, 1.807) is 41.3 Å². The summed E-state index contributed by atoms with van der Waals surface area (Å²) in [5.74, 6) is -0.540. The fourth-order valence-electron chi connectivity index (χ4n) is 3.18. The summed E-state index contributed by atoms with van der Waals surface area (Å²) in [5, 5.41) is 5.55. The molecule has 3 amide bonds. The highest BCUT2D eigenvalue weighted by Gasteiger charge is 2.25. The van der Waals surface area contributed by atoms with Gasteiger partial charge in [-0.2, -0.15) is 0 Å². The van der Waals surface area contributed by atoms with Crippen LogP contribution in [-0.4, -0.2) is 48.3 Å². The highest BCUT2D eigenvalue weighted by Crippen LogP contribution is 2.18. The summed E-state index contributed by atoms with van der Waals surface area (Å²) in [5.41, 5.74) is 1.11. The first-order valence-electron chi connectivity index (χ1n) is 9.24. The van der Waals surface area contributed by atoms with Gasteiger partial charge in [-0.1, -0.05) is 30.3 Å². The molecule has 28 heavy (non-hydrogen) atoms. The highest BCUT2D eigenvalue weighted by atomic mass is 32.1. The van der Waals surface area contributed by atoms with Crippen molar-refractivity contribution < 1.29 is 14.4 Å². The number of hydrogen-bond donors (Lipinski definition) is 3. The molecule has 1 heterocycles. The highest BCUT2D eigenvalue weighted by molar-refractivity contribution is 7.80. The van der Waals surface area contributed by atoms with E-state index in [4.69, 9.17) is 0 Å². The number of piperidine rings is 1. The second-order valence-electron chi connectivity index (χ2n) is 6.70. The van der Waals surface area contributed by atoms with E-state index >= 15 is 0 Å². The second-order valence-corrected chi connectivity index (χ2v) is 7.18. The van der Waals surface area contributed by atoms with Gasteiger partial charge in [0.15, 0.2) is 0 Å². The molecule has 3 rings (SSSR count). The molecule has 1 saturated heterocycles. The van der Waals surface area contributed by atoms with E-state index < -0.39 is 0 Å². The molecule has 0 saturated carbocycles. The van der Waals surface area contributed by atoms with E-state index in [0.717, 1.165) is 0 Å². The number of nitrogens with zero attached hydrogens (tertiary/aromatic N) is 1. The van der Waals surface area contributed by atoms with Crippen molar-refractivity contribution in [2.75, 3.05) is 19.6 Å². The number of carbonyl (C=O) groups is 3. The summed E-state index contributed by atoms with van der Waals surface area (Å²) in [7, 11) is 0. The van der Waals surface area contributed by atoms with Crippen LogP contribution in [0.2, 0.25) is 0 Å². The average molecular weight is 398 g/mol. The Hall–Kier alpha value is -2.80. The third-order valence-electron chi connectivity index (χ3n) is 4.73. The van der Waals surface area contributed by atoms with Gasteiger partial charge in [-0.25, -0.2) is 0 Å². The van der Waals surface area contributed by atoms with Crippen LogP contribution in [0.4, 0.5) is 0 Å². The smallest absolute Gasteiger partial charge is 0.254 e. The van der Waals surface area contributed by atoms with E-state index in [2.05, 4.69) is 23.3 Å². The minimum atomic E-state index is -0.276. The van der Waals surface area contributed by atoms with Crippen molar-refractivity contribution in [2.24, 2.45) is 0 Å². The first kappa shape index (κ1) is 19.9. The maximum Gasteiger partial charge on any atom is 0.254 e. The molecule has 2 aromatic rings. The van der Waals surface area contributed by atoms with Gasteiger partial charge in [0.05, 0.1) is 12.1 Å². The van der Waals surface area contributed by atoms with Crippen molar-refractivity contribution in [3.8, 4) is 0 Å². The lowest BCUT2D eigenvalue weighted by Gasteiger charge is -2.32. The van der Waals surface area contributed by atoms with E-state index in [1.165, 1.54) is 0 Å². The van der Waals surface area contributed by atoms with E-state index in [-0.39, 0.29) is 30.3 Å². The van der Waals surface area contributed by atoms with Gasteiger partial charge in [0, 0.05) is 29.6 Å². The van der Waals surface area contributed by atoms with Crippen molar-refractivity contribution in [1.82, 2.24) is 15.5 Å². The molecule has 0 unspecified atom stereocenters. The van der Waals surface area contributed by atoms with Gasteiger partial charge in [-0.05, 0) is 37.1 Å². The zero-order valence-electron chi connectivity index (χ0n) is 15.4. The molecule has 0 aromatic heterocycles. The van der Waals surface area contributed by atoms with Crippen LogP contribution in [0, 0.1) is 0 Å². The average Bonchev–Trinajstić information content (AvgIpc) is 2.73. The first-order chi connectivity index (χ1) is 13.5. The van der Waals surface area contributed by atoms with Crippen LogP contribution < -0.4 is 10.6 Å². The number of amides is 3. The Morgan fingerprint density at radius 2 is 1.61 bits per heavy atom. The lowest BCUT2D eigenvalue weighted by Crippen LogP contribution is -2.48. The van der Waals surface area contributed by atoms with Gasteiger partial charge < -0.3 is 15.5 Å². The molecule has 0 bridgehead atoms. The van der Waals surface area contributed by atoms with Crippen LogP contribution in [0.3, 0.4) is 0 Å². The van der Waals surface area contributed by atoms with Crippen molar-refractivity contribution >= 4 is 30.4 Å². The second kappa shape index (κ2) is 9.41. The van der Waals surface area contributed by atoms with E-state index in [0.29, 0.717) is 42.0 Å². The zero-order valence-corrected chi connectivity index (χ0v) is 16.3. The maximum atomic E-state index is 12.6. The normalized spacial score (nSPS) is 14.4. The van der Waals surface area contributed by atoms with Crippen molar-refractivity contribution in [1.29, 1.82) is 0 Å². The van der Waals surface area contributed by atoms with Gasteiger partial charge in [0.2, 0.25) is 5.91 Å². The molecule has 6 nitrogen and oxygen atoms in total. The topological polar surface area (TPSA) is 78.5 Å². The summed E-state index contributed by atoms with van der Waals surface area (Å²) in [6, 6.07) is 16.0. The standard InChI is InChI=1S/C21H23N3O3S/c25-19(14-22-20(26)15-6-2-1-3-7-15)23-16-10-12-24(13-11-16)21(27)17-8-4-5-9-18(17)28/h1-9,16,28H,10-14H2,(H,22,26)(H,23,25). The van der Waals surface area contributed by atoms with Gasteiger partial charge in [-0.3, -0.25) is 14.4 Å². The maximum absolute atomic E-state index is 12.6. The Kier molecular flexibility index (Phi) is 6.71. The molecule has 7 heteroatoms. The van der Waals surface area contributed by atoms with Crippen LogP contribution >= 0.6 is 12.6 Å². The molecular formula is C21H23N3O3S. The Morgan fingerprint density at radius 3 is 2.29 bits per heavy atom. The summed E-state index contributed by atoms with van der Waals surface area (Å²) in [6.45, 7) is 1.07. The molecule has 0 spiro atoms. The summed E-state index contributed by atoms with van der Waals surface area (Å²) in [4.78, 5) is 39.1. The number of rotatable bonds is 5. The fourth-order valence-corrected chi connectivity index (χ4v) is 3.44. The SMILES string of the molecule is O=C(CNC(=O)c1ccccc1)NC1CCN(C(=O)c2ccccc2S)CC1. The summed E-state index contributed by atoms with van der Waals surface area (Å²) in [6.07, 6.45) is 1.36. The Labute approximate surface area is 169 Å². The summed E-state index contributed by atoms with van der Waals surface area (Å²) >= 11 is 4.35. The molecule has 146 valence electrons. The molecule has 1 fully saturated rings. The first-order valence-corrected chi connectivity index (χ1v) is 9.69. The number of hydrogen-bond acceptors (Lipinski definition) is 4. The van der Waals surface area contributed by atoms with Crippen LogP contribution in [0.25, 0.3) is 0 Å². The molecule has 2 aromatic carbocycles. The monoisotopic (exact) mass is 397 g/mol. The molecule has 1 aliphatic heterocycles. The van der Waals surface area contributed by atoms with Crippen LogP contribution in [-0.2, 0) is 4.79 Å². The molecular weight excluding hydrogens is 374 g/mol. The van der Waals surface area contributed by atoms with Gasteiger partial charge in [-0.15, -0.1) is 12.6 Å². The van der Waals surface area contributed by atoms with Crippen LogP contribution in [0.1, 0.15) is 33.6 Å². The molecule has 2 N–H and O–H groups in total. The lowest BCUT2D eigenvalue weighted by atomic mass is 10.0. The molecule has 0 radical (unpaired) electrons. The van der Waals surface area contributed by atoms with Gasteiger partial charge in [0.1, 0.15) is 0 Å². The molecule has 0 atom stereocenters. The number of carbonyl (C=O) groups excluding carboxylic acids is 3. The quantitative estimate of drug-likeness (QED) is 0.677. The molecule has 0 aliphatic carbocycles. The fraction of sp³-hybridized carbons (Fsp3) is 0.286. The van der Waals surface area contributed by atoms with E-state index in [9.17, 15) is 14.4 Å². The van der Waals surface area contributed by atoms with Gasteiger partial charge >= 0.3 is 0 Å². The predicted molar refractivity (Wildman–Crippen MR) is 110 cm³/mol. The number of thiol groups is 1. The Bertz CT molecular complexity index is 849. The third kappa shape index (κ3) is 5.13. The van der Waals surface area contributed by atoms with Crippen molar-refractivity contribution in [3.63, 3.8) is 0 Å². The van der Waals surface area contributed by atoms with E-state index in [1.807, 2.05) is 18.2 Å². The number of benzene rings is 2. The van der Waals surface area contributed by atoms with Crippen molar-refractivity contribution in [3.05, 3.63) is 65.7 Å². The third-order valence-corrected chi connectivity index (χ3v) is 5.12. The minimum absolute atomic E-state index is 0.00331. The van der Waals surface area contributed by atoms with Crippen LogP contribution in [0.5, 0.6) is 0 Å². The van der Waals surface area contributed by atoms with Crippen LogP contribution in [0.15, 0.2) is 59.5 Å². The predicted octanol–water partition coefficient (Wildman–Crippen LogP) is 2.13. The molecule has 1 aliphatic rings. The summed E-state index contributed by atoms with van der Waals surface area (Å²) < 4.78 is 0. The lowest BCUT2D eigenvalue weighted by molar-refractivity contribution is -0.121. The largest absolute Gasteiger partial charge is 0.352 e. The number of likely N-dealkylation sites (tertiary alicyclic amines) is 1. The number of nitrogens with one attached hydrogen (secondary N) is 2.